The molecule has 0 spiro atoms. The summed E-state index contributed by atoms with van der Waals surface area (Å²) in [7, 11) is 1.50. The van der Waals surface area contributed by atoms with E-state index in [1.165, 1.54) is 24.8 Å². The number of rotatable bonds is 4. The Morgan fingerprint density at radius 1 is 1.61 bits per heavy atom. The molecule has 4 heteroatoms. The molecule has 3 rings (SSSR count). The molecule has 1 heterocycles. The van der Waals surface area contributed by atoms with Gasteiger partial charge in [0.25, 0.3) is 0 Å². The molecular formula is C14H19NO2S. The third-order valence-corrected chi connectivity index (χ3v) is 5.43. The molecule has 18 heavy (non-hydrogen) atoms. The molecule has 2 aliphatic carbocycles. The number of hydrogen-bond donors (Lipinski definition) is 1. The van der Waals surface area contributed by atoms with Gasteiger partial charge in [-0.05, 0) is 42.5 Å². The lowest BCUT2D eigenvalue weighted by Gasteiger charge is -2.35. The Balaban J connectivity index is 1.76. The van der Waals surface area contributed by atoms with E-state index in [9.17, 15) is 4.79 Å². The Bertz CT molecular complexity index is 431. The van der Waals surface area contributed by atoms with Crippen molar-refractivity contribution < 1.29 is 9.53 Å². The summed E-state index contributed by atoms with van der Waals surface area (Å²) in [6, 6.07) is 4.16. The van der Waals surface area contributed by atoms with Crippen molar-refractivity contribution in [2.75, 3.05) is 7.11 Å². The van der Waals surface area contributed by atoms with Gasteiger partial charge in [0.05, 0.1) is 7.11 Å². The van der Waals surface area contributed by atoms with Crippen LogP contribution in [0.3, 0.4) is 0 Å². The van der Waals surface area contributed by atoms with Crippen molar-refractivity contribution in [1.29, 1.82) is 0 Å². The largest absolute Gasteiger partial charge is 0.468 e. The highest BCUT2D eigenvalue weighted by Crippen LogP contribution is 2.51. The number of methoxy groups -OCH3 is 1. The molecule has 0 saturated heterocycles. The van der Waals surface area contributed by atoms with Crippen molar-refractivity contribution >= 4 is 17.3 Å². The number of carbonyl (C=O) groups is 1. The minimum absolute atomic E-state index is 0.0637. The van der Waals surface area contributed by atoms with E-state index in [-0.39, 0.29) is 5.97 Å². The molecule has 2 fully saturated rings. The minimum Gasteiger partial charge on any atom is -0.468 e. The maximum Gasteiger partial charge on any atom is 0.326 e. The van der Waals surface area contributed by atoms with E-state index in [1.54, 1.807) is 11.3 Å². The van der Waals surface area contributed by atoms with Crippen molar-refractivity contribution in [2.24, 2.45) is 11.8 Å². The predicted octanol–water partition coefficient (Wildman–Crippen LogP) is 2.57. The fourth-order valence-corrected chi connectivity index (χ4v) is 4.35. The molecule has 2 aliphatic rings. The molecule has 0 aliphatic heterocycles. The smallest absolute Gasteiger partial charge is 0.326 e. The standard InChI is InChI=1S/C14H19NO2S/c1-17-13(16)14(8-10-4-5-11(14)7-10)15-9-12-3-2-6-18-12/h2-3,6,10-11,15H,4-5,7-9H2,1H3. The minimum atomic E-state index is -0.415. The third-order valence-electron chi connectivity index (χ3n) is 4.56. The van der Waals surface area contributed by atoms with E-state index in [0.717, 1.165) is 19.4 Å². The van der Waals surface area contributed by atoms with Crippen molar-refractivity contribution in [2.45, 2.75) is 37.8 Å². The topological polar surface area (TPSA) is 38.3 Å². The van der Waals surface area contributed by atoms with Crippen LogP contribution < -0.4 is 5.32 Å². The fourth-order valence-electron chi connectivity index (χ4n) is 3.71. The lowest BCUT2D eigenvalue weighted by atomic mass is 9.81. The zero-order chi connectivity index (χ0) is 12.6. The van der Waals surface area contributed by atoms with Crippen molar-refractivity contribution in [3.63, 3.8) is 0 Å². The summed E-state index contributed by atoms with van der Waals surface area (Å²) in [6.07, 6.45) is 4.59. The van der Waals surface area contributed by atoms with E-state index in [0.29, 0.717) is 11.8 Å². The van der Waals surface area contributed by atoms with Gasteiger partial charge in [0.1, 0.15) is 5.54 Å². The summed E-state index contributed by atoms with van der Waals surface area (Å²) in [6.45, 7) is 0.774. The summed E-state index contributed by atoms with van der Waals surface area (Å²) in [4.78, 5) is 13.5. The molecule has 1 N–H and O–H groups in total. The van der Waals surface area contributed by atoms with Crippen LogP contribution in [0.2, 0.25) is 0 Å². The molecule has 0 aromatic carbocycles. The quantitative estimate of drug-likeness (QED) is 0.850. The Kier molecular flexibility index (Phi) is 3.16. The molecule has 98 valence electrons. The first-order valence-electron chi connectivity index (χ1n) is 6.60. The fraction of sp³-hybridized carbons (Fsp3) is 0.643. The lowest BCUT2D eigenvalue weighted by molar-refractivity contribution is -0.151. The Morgan fingerprint density at radius 2 is 2.50 bits per heavy atom. The molecule has 3 atom stereocenters. The number of nitrogens with one attached hydrogen (secondary N) is 1. The van der Waals surface area contributed by atoms with Crippen LogP contribution in [0.1, 0.15) is 30.6 Å². The van der Waals surface area contributed by atoms with Gasteiger partial charge in [-0.15, -0.1) is 11.3 Å². The Hall–Kier alpha value is -0.870. The number of fused-ring (bicyclic) bond motifs is 2. The monoisotopic (exact) mass is 265 g/mol. The van der Waals surface area contributed by atoms with Crippen LogP contribution in [0, 0.1) is 11.8 Å². The number of hydrogen-bond acceptors (Lipinski definition) is 4. The van der Waals surface area contributed by atoms with Gasteiger partial charge in [0.15, 0.2) is 0 Å². The number of carbonyl (C=O) groups excluding carboxylic acids is 1. The van der Waals surface area contributed by atoms with Crippen LogP contribution in [0.15, 0.2) is 17.5 Å². The first-order valence-corrected chi connectivity index (χ1v) is 7.48. The molecule has 0 amide bonds. The Labute approximate surface area is 112 Å². The lowest BCUT2D eigenvalue weighted by Crippen LogP contribution is -2.56. The van der Waals surface area contributed by atoms with Gasteiger partial charge in [0, 0.05) is 11.4 Å². The van der Waals surface area contributed by atoms with Gasteiger partial charge < -0.3 is 4.74 Å². The third kappa shape index (κ3) is 1.88. The van der Waals surface area contributed by atoms with E-state index in [2.05, 4.69) is 16.8 Å². The number of ether oxygens (including phenoxy) is 1. The van der Waals surface area contributed by atoms with Gasteiger partial charge >= 0.3 is 5.97 Å². The average Bonchev–Trinajstić information content (AvgIpc) is 3.11. The predicted molar refractivity (Wildman–Crippen MR) is 71.4 cm³/mol. The molecule has 3 unspecified atom stereocenters. The van der Waals surface area contributed by atoms with E-state index < -0.39 is 5.54 Å². The number of esters is 1. The molecule has 2 bridgehead atoms. The Morgan fingerprint density at radius 3 is 3.06 bits per heavy atom. The second-order valence-corrected chi connectivity index (χ2v) is 6.51. The van der Waals surface area contributed by atoms with Gasteiger partial charge in [-0.1, -0.05) is 12.5 Å². The highest BCUT2D eigenvalue weighted by atomic mass is 32.1. The molecule has 2 saturated carbocycles. The summed E-state index contributed by atoms with van der Waals surface area (Å²) in [5.74, 6) is 1.12. The van der Waals surface area contributed by atoms with Crippen LogP contribution in [0.5, 0.6) is 0 Å². The van der Waals surface area contributed by atoms with Gasteiger partial charge in [-0.2, -0.15) is 0 Å². The zero-order valence-electron chi connectivity index (χ0n) is 10.6. The van der Waals surface area contributed by atoms with Crippen molar-refractivity contribution in [3.8, 4) is 0 Å². The summed E-state index contributed by atoms with van der Waals surface area (Å²) < 4.78 is 5.06. The molecule has 1 aromatic heterocycles. The van der Waals surface area contributed by atoms with E-state index >= 15 is 0 Å². The van der Waals surface area contributed by atoms with Gasteiger partial charge in [0.2, 0.25) is 0 Å². The normalized spacial score (nSPS) is 33.8. The summed E-state index contributed by atoms with van der Waals surface area (Å²) in [5, 5.41) is 5.59. The van der Waals surface area contributed by atoms with Gasteiger partial charge in [-0.25, -0.2) is 0 Å². The SMILES string of the molecule is COC(=O)C1(NCc2cccs2)CC2CCC1C2. The maximum atomic E-state index is 12.2. The second kappa shape index (κ2) is 4.67. The maximum absolute atomic E-state index is 12.2. The van der Waals surface area contributed by atoms with Crippen LogP contribution in [0.4, 0.5) is 0 Å². The average molecular weight is 265 g/mol. The molecule has 0 radical (unpaired) electrons. The van der Waals surface area contributed by atoms with Crippen molar-refractivity contribution in [3.05, 3.63) is 22.4 Å². The molecular weight excluding hydrogens is 246 g/mol. The highest BCUT2D eigenvalue weighted by molar-refractivity contribution is 7.09. The van der Waals surface area contributed by atoms with Crippen LogP contribution in [-0.2, 0) is 16.1 Å². The van der Waals surface area contributed by atoms with Crippen molar-refractivity contribution in [1.82, 2.24) is 5.32 Å². The first kappa shape index (κ1) is 12.2. The van der Waals surface area contributed by atoms with E-state index in [4.69, 9.17) is 4.74 Å². The molecule has 3 nitrogen and oxygen atoms in total. The summed E-state index contributed by atoms with van der Waals surface area (Å²) in [5.41, 5.74) is -0.415. The first-order chi connectivity index (χ1) is 8.74. The van der Waals surface area contributed by atoms with Gasteiger partial charge in [-0.3, -0.25) is 10.1 Å². The number of thiophene rings is 1. The van der Waals surface area contributed by atoms with Crippen LogP contribution >= 0.6 is 11.3 Å². The van der Waals surface area contributed by atoms with E-state index in [1.807, 2.05) is 6.07 Å². The zero-order valence-corrected chi connectivity index (χ0v) is 11.5. The van der Waals surface area contributed by atoms with Crippen LogP contribution in [-0.4, -0.2) is 18.6 Å². The highest BCUT2D eigenvalue weighted by Gasteiger charge is 2.56. The summed E-state index contributed by atoms with van der Waals surface area (Å²) >= 11 is 1.73. The second-order valence-electron chi connectivity index (χ2n) is 5.48. The van der Waals surface area contributed by atoms with Crippen LogP contribution in [0.25, 0.3) is 0 Å². The molecule has 1 aromatic rings.